The van der Waals surface area contributed by atoms with E-state index in [-0.39, 0.29) is 22.7 Å². The molecular weight excluding hydrogens is 388 g/mol. The van der Waals surface area contributed by atoms with Crippen molar-refractivity contribution in [3.8, 4) is 11.3 Å². The number of imide groups is 2. The number of carbonyl (C=O) groups excluding carboxylic acids is 3. The Hall–Kier alpha value is -4.46. The minimum atomic E-state index is -1.11. The monoisotopic (exact) mass is 402 g/mol. The van der Waals surface area contributed by atoms with Crippen LogP contribution in [-0.4, -0.2) is 28.9 Å². The fourth-order valence-electron chi connectivity index (χ4n) is 3.07. The van der Waals surface area contributed by atoms with Crippen LogP contribution in [0.5, 0.6) is 0 Å². The van der Waals surface area contributed by atoms with E-state index < -0.39 is 23.8 Å². The molecule has 0 aliphatic carbocycles. The Labute approximate surface area is 170 Å². The van der Waals surface area contributed by atoms with E-state index in [9.17, 15) is 24.3 Å². The van der Waals surface area contributed by atoms with Gasteiger partial charge in [-0.05, 0) is 36.4 Å². The molecule has 2 N–H and O–H groups in total. The number of urea groups is 1. The molecular formula is C22H14N2O6. The molecule has 1 fully saturated rings. The summed E-state index contributed by atoms with van der Waals surface area (Å²) in [5, 5.41) is 11.5. The molecule has 1 aromatic heterocycles. The zero-order valence-electron chi connectivity index (χ0n) is 15.4. The predicted molar refractivity (Wildman–Crippen MR) is 107 cm³/mol. The molecule has 8 heteroatoms. The van der Waals surface area contributed by atoms with Gasteiger partial charge in [0.05, 0.1) is 11.3 Å². The van der Waals surface area contributed by atoms with Crippen LogP contribution < -0.4 is 10.2 Å². The van der Waals surface area contributed by atoms with Gasteiger partial charge in [0.25, 0.3) is 11.8 Å². The first-order valence-electron chi connectivity index (χ1n) is 8.85. The summed E-state index contributed by atoms with van der Waals surface area (Å²) in [6.45, 7) is 0. The number of furan rings is 1. The van der Waals surface area contributed by atoms with Crippen LogP contribution in [0.4, 0.5) is 10.5 Å². The van der Waals surface area contributed by atoms with Crippen LogP contribution in [0.25, 0.3) is 17.4 Å². The van der Waals surface area contributed by atoms with E-state index in [1.807, 2.05) is 0 Å². The van der Waals surface area contributed by atoms with Crippen LogP contribution in [0.3, 0.4) is 0 Å². The van der Waals surface area contributed by atoms with Gasteiger partial charge in [-0.2, -0.15) is 0 Å². The van der Waals surface area contributed by atoms with Gasteiger partial charge >= 0.3 is 12.0 Å². The zero-order valence-corrected chi connectivity index (χ0v) is 15.4. The summed E-state index contributed by atoms with van der Waals surface area (Å²) in [6.07, 6.45) is 1.22. The topological polar surface area (TPSA) is 117 Å². The van der Waals surface area contributed by atoms with Crippen LogP contribution >= 0.6 is 0 Å². The van der Waals surface area contributed by atoms with Crippen LogP contribution in [0.15, 0.2) is 76.7 Å². The maximum atomic E-state index is 12.8. The van der Waals surface area contributed by atoms with Crippen LogP contribution in [0.1, 0.15) is 16.1 Å². The van der Waals surface area contributed by atoms with Crippen molar-refractivity contribution >= 4 is 35.6 Å². The molecule has 1 aliphatic heterocycles. The lowest BCUT2D eigenvalue weighted by Gasteiger charge is -2.26. The molecule has 0 bridgehead atoms. The number of nitrogens with one attached hydrogen (secondary N) is 1. The SMILES string of the molecule is O=C1NC(=O)N(c2ccccc2)C(=O)C1=Cc1ccc(-c2ccccc2C(=O)O)o1. The quantitative estimate of drug-likeness (QED) is 0.511. The van der Waals surface area contributed by atoms with E-state index in [0.29, 0.717) is 11.3 Å². The Kier molecular flexibility index (Phi) is 4.73. The highest BCUT2D eigenvalue weighted by Crippen LogP contribution is 2.28. The minimum absolute atomic E-state index is 0.0541. The van der Waals surface area contributed by atoms with Crippen molar-refractivity contribution in [3.63, 3.8) is 0 Å². The molecule has 0 saturated carbocycles. The van der Waals surface area contributed by atoms with Gasteiger partial charge < -0.3 is 9.52 Å². The van der Waals surface area contributed by atoms with E-state index in [1.54, 1.807) is 54.6 Å². The highest BCUT2D eigenvalue weighted by molar-refractivity contribution is 6.39. The molecule has 0 spiro atoms. The lowest BCUT2D eigenvalue weighted by atomic mass is 10.1. The normalized spacial score (nSPS) is 15.4. The average molecular weight is 402 g/mol. The second kappa shape index (κ2) is 7.51. The van der Waals surface area contributed by atoms with Gasteiger partial charge in [0, 0.05) is 5.56 Å². The summed E-state index contributed by atoms with van der Waals surface area (Å²) in [7, 11) is 0. The fourth-order valence-corrected chi connectivity index (χ4v) is 3.07. The lowest BCUT2D eigenvalue weighted by Crippen LogP contribution is -2.54. The standard InChI is InChI=1S/C22H14N2O6/c25-19-17(20(26)24(22(29)23-19)13-6-2-1-3-7-13)12-14-10-11-18(30-14)15-8-4-5-9-16(15)21(27)28/h1-12H,(H,27,28)(H,23,25,29). The van der Waals surface area contributed by atoms with Gasteiger partial charge in [-0.25, -0.2) is 14.5 Å². The first-order valence-corrected chi connectivity index (χ1v) is 8.85. The Morgan fingerprint density at radius 1 is 0.933 bits per heavy atom. The molecule has 0 radical (unpaired) electrons. The van der Waals surface area contributed by atoms with Crippen LogP contribution in [0.2, 0.25) is 0 Å². The van der Waals surface area contributed by atoms with Gasteiger partial charge in [-0.3, -0.25) is 14.9 Å². The molecule has 0 atom stereocenters. The Bertz CT molecular complexity index is 1210. The first kappa shape index (κ1) is 18.9. The number of nitrogens with zero attached hydrogens (tertiary/aromatic N) is 1. The van der Waals surface area contributed by atoms with Crippen molar-refractivity contribution in [2.45, 2.75) is 0 Å². The van der Waals surface area contributed by atoms with Crippen molar-refractivity contribution in [2.75, 3.05) is 4.90 Å². The summed E-state index contributed by atoms with van der Waals surface area (Å²) >= 11 is 0. The molecule has 2 heterocycles. The number of carboxylic acids is 1. The fraction of sp³-hybridized carbons (Fsp3) is 0. The number of hydrogen-bond acceptors (Lipinski definition) is 5. The van der Waals surface area contributed by atoms with Gasteiger partial charge in [-0.15, -0.1) is 0 Å². The third kappa shape index (κ3) is 3.37. The molecule has 4 amide bonds. The van der Waals surface area contributed by atoms with E-state index >= 15 is 0 Å². The number of para-hydroxylation sites is 1. The van der Waals surface area contributed by atoms with Gasteiger partial charge in [0.2, 0.25) is 0 Å². The summed E-state index contributed by atoms with van der Waals surface area (Å²) in [5.41, 5.74) is 0.438. The number of amides is 4. The second-order valence-electron chi connectivity index (χ2n) is 6.35. The Balaban J connectivity index is 1.70. The largest absolute Gasteiger partial charge is 0.478 e. The summed E-state index contributed by atoms with van der Waals surface area (Å²) in [5.74, 6) is -2.33. The van der Waals surface area contributed by atoms with Crippen LogP contribution in [-0.2, 0) is 9.59 Å². The number of anilines is 1. The Morgan fingerprint density at radius 3 is 2.37 bits per heavy atom. The predicted octanol–water partition coefficient (Wildman–Crippen LogP) is 3.31. The summed E-state index contributed by atoms with van der Waals surface area (Å²) < 4.78 is 5.65. The molecule has 3 aromatic rings. The highest BCUT2D eigenvalue weighted by Gasteiger charge is 2.37. The van der Waals surface area contributed by atoms with E-state index in [0.717, 1.165) is 4.90 Å². The van der Waals surface area contributed by atoms with Crippen LogP contribution in [0, 0.1) is 0 Å². The summed E-state index contributed by atoms with van der Waals surface area (Å²) in [4.78, 5) is 49.5. The molecule has 30 heavy (non-hydrogen) atoms. The number of rotatable bonds is 4. The minimum Gasteiger partial charge on any atom is -0.478 e. The number of aromatic carboxylic acids is 1. The maximum absolute atomic E-state index is 12.8. The van der Waals surface area contributed by atoms with Gasteiger partial charge in [0.15, 0.2) is 0 Å². The highest BCUT2D eigenvalue weighted by atomic mass is 16.4. The van der Waals surface area contributed by atoms with Crippen molar-refractivity contribution in [3.05, 3.63) is 83.6 Å². The van der Waals surface area contributed by atoms with E-state index in [1.165, 1.54) is 18.2 Å². The Morgan fingerprint density at radius 2 is 1.63 bits per heavy atom. The van der Waals surface area contributed by atoms with Crippen molar-refractivity contribution in [2.24, 2.45) is 0 Å². The third-order valence-electron chi connectivity index (χ3n) is 4.45. The first-order chi connectivity index (χ1) is 14.5. The number of benzene rings is 2. The number of barbiturate groups is 1. The zero-order chi connectivity index (χ0) is 21.3. The molecule has 4 rings (SSSR count). The second-order valence-corrected chi connectivity index (χ2v) is 6.35. The third-order valence-corrected chi connectivity index (χ3v) is 4.45. The lowest BCUT2D eigenvalue weighted by molar-refractivity contribution is -0.122. The van der Waals surface area contributed by atoms with Gasteiger partial charge in [0.1, 0.15) is 17.1 Å². The molecule has 0 unspecified atom stereocenters. The molecule has 1 saturated heterocycles. The molecule has 2 aromatic carbocycles. The van der Waals surface area contributed by atoms with E-state index in [2.05, 4.69) is 5.32 Å². The molecule has 148 valence electrons. The number of carboxylic acid groups (broad SMARTS) is 1. The van der Waals surface area contributed by atoms with Crippen molar-refractivity contribution in [1.29, 1.82) is 0 Å². The van der Waals surface area contributed by atoms with Crippen molar-refractivity contribution in [1.82, 2.24) is 5.32 Å². The van der Waals surface area contributed by atoms with Gasteiger partial charge in [-0.1, -0.05) is 36.4 Å². The smallest absolute Gasteiger partial charge is 0.336 e. The number of carbonyl (C=O) groups is 4. The number of hydrogen-bond donors (Lipinski definition) is 2. The van der Waals surface area contributed by atoms with Crippen molar-refractivity contribution < 1.29 is 28.7 Å². The molecule has 1 aliphatic rings. The molecule has 8 nitrogen and oxygen atoms in total. The summed E-state index contributed by atoms with van der Waals surface area (Å²) in [6, 6.07) is 16.7. The van der Waals surface area contributed by atoms with E-state index in [4.69, 9.17) is 4.42 Å². The average Bonchev–Trinajstić information content (AvgIpc) is 3.20. The maximum Gasteiger partial charge on any atom is 0.336 e.